The number of nitrogens with one attached hydrogen (secondary N) is 2. The first kappa shape index (κ1) is 15.0. The van der Waals surface area contributed by atoms with Gasteiger partial charge in [-0.05, 0) is 37.0 Å². The van der Waals surface area contributed by atoms with Gasteiger partial charge in [-0.15, -0.1) is 0 Å². The number of aromatic amines is 1. The second kappa shape index (κ2) is 6.39. The molecular formula is C15H19N3O3. The van der Waals surface area contributed by atoms with E-state index in [1.165, 1.54) is 11.9 Å². The van der Waals surface area contributed by atoms with E-state index in [1.807, 2.05) is 6.07 Å². The number of H-pyrrole nitrogens is 1. The molecule has 0 saturated carbocycles. The number of likely N-dealkylation sites (N-methyl/N-ethyl adjacent to an activating group) is 1. The predicted octanol–water partition coefficient (Wildman–Crippen LogP) is 0.124. The zero-order valence-corrected chi connectivity index (χ0v) is 12.1. The average Bonchev–Trinajstić information content (AvgIpc) is 2.90. The molecule has 0 aromatic carbocycles. The van der Waals surface area contributed by atoms with E-state index in [2.05, 4.69) is 16.9 Å². The maximum absolute atomic E-state index is 11.9. The van der Waals surface area contributed by atoms with E-state index in [1.54, 1.807) is 0 Å². The Kier molecular flexibility index (Phi) is 4.57. The summed E-state index contributed by atoms with van der Waals surface area (Å²) in [5.41, 5.74) is 2.54. The van der Waals surface area contributed by atoms with Crippen LogP contribution in [0.4, 0.5) is 0 Å². The molecule has 1 aliphatic rings. The van der Waals surface area contributed by atoms with Gasteiger partial charge in [0.25, 0.3) is 5.56 Å². The maximum Gasteiger partial charge on any atom is 0.253 e. The number of fused-ring (bicyclic) bond motifs is 1. The molecule has 1 aromatic heterocycles. The van der Waals surface area contributed by atoms with Crippen molar-refractivity contribution in [2.45, 2.75) is 25.8 Å². The van der Waals surface area contributed by atoms with Crippen LogP contribution in [0.3, 0.4) is 0 Å². The number of aromatic nitrogens is 1. The Morgan fingerprint density at radius 3 is 2.95 bits per heavy atom. The largest absolute Gasteiger partial charge is 0.350 e. The molecule has 0 atom stereocenters. The summed E-state index contributed by atoms with van der Waals surface area (Å²) in [6.45, 7) is 3.46. The molecule has 1 heterocycles. The minimum absolute atomic E-state index is 0.0618. The van der Waals surface area contributed by atoms with Gasteiger partial charge in [0.2, 0.25) is 11.8 Å². The second-order valence-electron chi connectivity index (χ2n) is 5.16. The van der Waals surface area contributed by atoms with Crippen molar-refractivity contribution in [1.29, 1.82) is 0 Å². The van der Waals surface area contributed by atoms with E-state index >= 15 is 0 Å². The van der Waals surface area contributed by atoms with Gasteiger partial charge in [-0.25, -0.2) is 0 Å². The first-order valence-electron chi connectivity index (χ1n) is 6.89. The molecule has 0 radical (unpaired) electrons. The molecule has 0 fully saturated rings. The molecule has 2 N–H and O–H groups in total. The number of aryl methyl sites for hydroxylation is 2. The van der Waals surface area contributed by atoms with Gasteiger partial charge in [-0.2, -0.15) is 0 Å². The number of hydrogen-bond donors (Lipinski definition) is 2. The molecule has 6 nitrogen and oxygen atoms in total. The minimum atomic E-state index is -0.319. The van der Waals surface area contributed by atoms with Gasteiger partial charge in [-0.1, -0.05) is 6.58 Å². The van der Waals surface area contributed by atoms with Gasteiger partial charge in [0, 0.05) is 24.8 Å². The van der Waals surface area contributed by atoms with Crippen molar-refractivity contribution < 1.29 is 9.59 Å². The van der Waals surface area contributed by atoms with E-state index in [-0.39, 0.29) is 30.5 Å². The third-order valence-electron chi connectivity index (χ3n) is 3.57. The molecule has 112 valence electrons. The fourth-order valence-electron chi connectivity index (χ4n) is 2.39. The first-order chi connectivity index (χ1) is 10.0. The molecule has 2 rings (SSSR count). The highest BCUT2D eigenvalue weighted by molar-refractivity contribution is 5.90. The number of carbonyl (C=O) groups is 2. The van der Waals surface area contributed by atoms with Gasteiger partial charge >= 0.3 is 0 Å². The van der Waals surface area contributed by atoms with Crippen molar-refractivity contribution in [2.24, 2.45) is 0 Å². The summed E-state index contributed by atoms with van der Waals surface area (Å²) in [5.74, 6) is -0.631. The van der Waals surface area contributed by atoms with Crippen LogP contribution < -0.4 is 10.9 Å². The predicted molar refractivity (Wildman–Crippen MR) is 78.8 cm³/mol. The van der Waals surface area contributed by atoms with E-state index in [0.29, 0.717) is 5.56 Å². The van der Waals surface area contributed by atoms with E-state index in [9.17, 15) is 14.4 Å². The monoisotopic (exact) mass is 289 g/mol. The second-order valence-corrected chi connectivity index (χ2v) is 5.16. The molecule has 6 heteroatoms. The minimum Gasteiger partial charge on any atom is -0.350 e. The van der Waals surface area contributed by atoms with Gasteiger partial charge < -0.3 is 15.2 Å². The Labute approximate surface area is 122 Å². The molecule has 21 heavy (non-hydrogen) atoms. The van der Waals surface area contributed by atoms with Crippen molar-refractivity contribution >= 4 is 11.8 Å². The lowest BCUT2D eigenvalue weighted by Crippen LogP contribution is -2.38. The summed E-state index contributed by atoms with van der Waals surface area (Å²) < 4.78 is 0. The molecule has 0 spiro atoms. The summed E-state index contributed by atoms with van der Waals surface area (Å²) in [6, 6.07) is 1.86. The molecule has 0 bridgehead atoms. The van der Waals surface area contributed by atoms with Gasteiger partial charge in [-0.3, -0.25) is 14.4 Å². The summed E-state index contributed by atoms with van der Waals surface area (Å²) in [7, 11) is 1.52. The Balaban J connectivity index is 1.94. The Morgan fingerprint density at radius 2 is 2.24 bits per heavy atom. The third-order valence-corrected chi connectivity index (χ3v) is 3.57. The molecule has 1 aliphatic carbocycles. The fraction of sp³-hybridized carbons (Fsp3) is 0.400. The van der Waals surface area contributed by atoms with E-state index in [0.717, 1.165) is 36.6 Å². The summed E-state index contributed by atoms with van der Waals surface area (Å²) in [5, 5.41) is 2.65. The molecular weight excluding hydrogens is 270 g/mol. The number of hydrogen-bond acceptors (Lipinski definition) is 3. The smallest absolute Gasteiger partial charge is 0.253 e. The molecule has 0 aliphatic heterocycles. The van der Waals surface area contributed by atoms with Crippen LogP contribution in [0.25, 0.3) is 0 Å². The Hall–Kier alpha value is -2.37. The first-order valence-corrected chi connectivity index (χ1v) is 6.89. The zero-order valence-electron chi connectivity index (χ0n) is 12.1. The zero-order chi connectivity index (χ0) is 15.4. The van der Waals surface area contributed by atoms with Crippen LogP contribution in [0, 0.1) is 0 Å². The number of rotatable bonds is 5. The molecule has 0 unspecified atom stereocenters. The molecule has 1 aromatic rings. The highest BCUT2D eigenvalue weighted by Crippen LogP contribution is 2.18. The van der Waals surface area contributed by atoms with Crippen LogP contribution in [0.15, 0.2) is 23.5 Å². The normalized spacial score (nSPS) is 12.6. The standard InChI is InChI=1S/C15H19N3O3/c1-3-14(20)18(2)9-13(19)16-8-11-7-10-5-4-6-12(10)17-15(11)21/h3,7H,1,4-6,8-9H2,2H3,(H,16,19)(H,17,21). The van der Waals surface area contributed by atoms with E-state index < -0.39 is 0 Å². The highest BCUT2D eigenvalue weighted by Gasteiger charge is 2.15. The quantitative estimate of drug-likeness (QED) is 0.756. The van der Waals surface area contributed by atoms with Crippen LogP contribution in [-0.2, 0) is 29.0 Å². The molecule has 2 amide bonds. The van der Waals surface area contributed by atoms with Crippen molar-refractivity contribution in [3.63, 3.8) is 0 Å². The lowest BCUT2D eigenvalue weighted by atomic mass is 10.1. The Morgan fingerprint density at radius 1 is 1.48 bits per heavy atom. The van der Waals surface area contributed by atoms with Gasteiger partial charge in [0.05, 0.1) is 6.54 Å². The fourth-order valence-corrected chi connectivity index (χ4v) is 2.39. The van der Waals surface area contributed by atoms with Crippen molar-refractivity contribution in [2.75, 3.05) is 13.6 Å². The van der Waals surface area contributed by atoms with Crippen molar-refractivity contribution in [3.8, 4) is 0 Å². The maximum atomic E-state index is 11.9. The number of carbonyl (C=O) groups excluding carboxylic acids is 2. The number of pyridine rings is 1. The van der Waals surface area contributed by atoms with Crippen LogP contribution in [0.2, 0.25) is 0 Å². The lowest BCUT2D eigenvalue weighted by Gasteiger charge is -2.14. The summed E-state index contributed by atoms with van der Waals surface area (Å²) in [4.78, 5) is 39.0. The molecule has 0 saturated heterocycles. The van der Waals surface area contributed by atoms with Crippen molar-refractivity contribution in [1.82, 2.24) is 15.2 Å². The van der Waals surface area contributed by atoms with Crippen LogP contribution in [0.1, 0.15) is 23.2 Å². The number of nitrogens with zero attached hydrogens (tertiary/aromatic N) is 1. The van der Waals surface area contributed by atoms with Gasteiger partial charge in [0.1, 0.15) is 0 Å². The van der Waals surface area contributed by atoms with Crippen LogP contribution >= 0.6 is 0 Å². The van der Waals surface area contributed by atoms with Crippen LogP contribution in [0.5, 0.6) is 0 Å². The third kappa shape index (κ3) is 3.59. The van der Waals surface area contributed by atoms with E-state index in [4.69, 9.17) is 0 Å². The average molecular weight is 289 g/mol. The topological polar surface area (TPSA) is 82.3 Å². The van der Waals surface area contributed by atoms with Gasteiger partial charge in [0.15, 0.2) is 0 Å². The lowest BCUT2D eigenvalue weighted by molar-refractivity contribution is -0.131. The highest BCUT2D eigenvalue weighted by atomic mass is 16.2. The SMILES string of the molecule is C=CC(=O)N(C)CC(=O)NCc1cc2c([nH]c1=O)CCC2. The Bertz CT molecular complexity index is 634. The summed E-state index contributed by atoms with van der Waals surface area (Å²) in [6.07, 6.45) is 4.07. The summed E-state index contributed by atoms with van der Waals surface area (Å²) >= 11 is 0. The van der Waals surface area contributed by atoms with Crippen LogP contribution in [-0.4, -0.2) is 35.3 Å². The number of amides is 2. The van der Waals surface area contributed by atoms with Crippen molar-refractivity contribution in [3.05, 3.63) is 45.9 Å².